The molecule has 1 aliphatic heterocycles. The number of carbonyl (C=O) groups is 1. The summed E-state index contributed by atoms with van der Waals surface area (Å²) in [6.07, 6.45) is 4.64. The summed E-state index contributed by atoms with van der Waals surface area (Å²) in [5.74, 6) is 1.54. The predicted octanol–water partition coefficient (Wildman–Crippen LogP) is 3.41. The second-order valence-electron chi connectivity index (χ2n) is 7.80. The average Bonchev–Trinajstić information content (AvgIpc) is 2.85. The van der Waals surface area contributed by atoms with Crippen LogP contribution < -0.4 is 10.1 Å². The lowest BCUT2D eigenvalue weighted by Gasteiger charge is -2.23. The van der Waals surface area contributed by atoms with Crippen molar-refractivity contribution in [3.63, 3.8) is 0 Å². The number of anilines is 2. The highest BCUT2D eigenvalue weighted by Crippen LogP contribution is 2.28. The van der Waals surface area contributed by atoms with Crippen LogP contribution in [0.4, 0.5) is 11.6 Å². The molecular weight excluding hydrogens is 420 g/mol. The van der Waals surface area contributed by atoms with Gasteiger partial charge in [0.05, 0.1) is 30.0 Å². The average molecular weight is 444 g/mol. The molecule has 0 bridgehead atoms. The van der Waals surface area contributed by atoms with E-state index in [9.17, 15) is 10.1 Å². The van der Waals surface area contributed by atoms with Gasteiger partial charge in [-0.15, -0.1) is 0 Å². The SMILES string of the molecule is CN(C)C(=O)c1ccc(Nc2cc(-c3ccc(OC4CCOCC4)c(C#N)c3)ncn2)nc1. The molecule has 9 nitrogen and oxygen atoms in total. The Balaban J connectivity index is 1.50. The molecule has 0 saturated carbocycles. The zero-order valence-electron chi connectivity index (χ0n) is 18.5. The van der Waals surface area contributed by atoms with Crippen molar-refractivity contribution in [1.29, 1.82) is 5.26 Å². The molecule has 1 aromatic carbocycles. The number of pyridine rings is 1. The molecule has 33 heavy (non-hydrogen) atoms. The standard InChI is InChI=1S/C24H24N6O3/c1-30(2)24(31)17-4-6-22(26-14-17)29-23-12-20(27-15-28-23)16-3-5-21(18(11-16)13-25)33-19-7-9-32-10-8-19/h3-6,11-12,14-15,19H,7-10H2,1-2H3,(H,26,27,28,29). The smallest absolute Gasteiger partial charge is 0.254 e. The third-order valence-corrected chi connectivity index (χ3v) is 5.20. The molecule has 0 spiro atoms. The van der Waals surface area contributed by atoms with Gasteiger partial charge in [0, 0.05) is 44.8 Å². The van der Waals surface area contributed by atoms with Gasteiger partial charge in [0.2, 0.25) is 0 Å². The van der Waals surface area contributed by atoms with Crippen LogP contribution in [0.3, 0.4) is 0 Å². The molecule has 2 aromatic heterocycles. The van der Waals surface area contributed by atoms with Gasteiger partial charge in [-0.3, -0.25) is 4.79 Å². The zero-order valence-corrected chi connectivity index (χ0v) is 18.5. The molecular formula is C24H24N6O3. The summed E-state index contributed by atoms with van der Waals surface area (Å²) in [6, 6.07) is 12.9. The summed E-state index contributed by atoms with van der Waals surface area (Å²) < 4.78 is 11.4. The van der Waals surface area contributed by atoms with E-state index in [4.69, 9.17) is 9.47 Å². The van der Waals surface area contributed by atoms with Crippen molar-refractivity contribution in [2.24, 2.45) is 0 Å². The van der Waals surface area contributed by atoms with Crippen LogP contribution in [0.1, 0.15) is 28.8 Å². The normalized spacial score (nSPS) is 13.7. The van der Waals surface area contributed by atoms with Gasteiger partial charge < -0.3 is 19.7 Å². The fourth-order valence-electron chi connectivity index (χ4n) is 3.42. The largest absolute Gasteiger partial charge is 0.489 e. The lowest BCUT2D eigenvalue weighted by atomic mass is 10.1. The number of aromatic nitrogens is 3. The molecule has 3 heterocycles. The molecule has 1 N–H and O–H groups in total. The topological polar surface area (TPSA) is 113 Å². The minimum Gasteiger partial charge on any atom is -0.489 e. The van der Waals surface area contributed by atoms with Gasteiger partial charge in [-0.25, -0.2) is 15.0 Å². The number of amides is 1. The van der Waals surface area contributed by atoms with Crippen LogP contribution in [0.2, 0.25) is 0 Å². The van der Waals surface area contributed by atoms with Crippen molar-refractivity contribution in [3.8, 4) is 23.1 Å². The van der Waals surface area contributed by atoms with Crippen LogP contribution in [-0.2, 0) is 4.74 Å². The number of ether oxygens (including phenoxy) is 2. The van der Waals surface area contributed by atoms with Gasteiger partial charge in [0.25, 0.3) is 5.91 Å². The fourth-order valence-corrected chi connectivity index (χ4v) is 3.42. The first kappa shape index (κ1) is 22.2. The van der Waals surface area contributed by atoms with Gasteiger partial charge in [-0.05, 0) is 30.3 Å². The first-order valence-corrected chi connectivity index (χ1v) is 10.6. The van der Waals surface area contributed by atoms with E-state index in [1.165, 1.54) is 17.4 Å². The fraction of sp³-hybridized carbons (Fsp3) is 0.292. The first-order valence-electron chi connectivity index (χ1n) is 10.6. The molecule has 3 aromatic rings. The van der Waals surface area contributed by atoms with Crippen LogP contribution >= 0.6 is 0 Å². The third kappa shape index (κ3) is 5.42. The van der Waals surface area contributed by atoms with E-state index in [1.807, 2.05) is 6.07 Å². The van der Waals surface area contributed by atoms with E-state index in [0.29, 0.717) is 47.4 Å². The highest BCUT2D eigenvalue weighted by molar-refractivity contribution is 5.93. The molecule has 0 aliphatic carbocycles. The van der Waals surface area contributed by atoms with Crippen molar-refractivity contribution in [2.75, 3.05) is 32.6 Å². The van der Waals surface area contributed by atoms with E-state index in [0.717, 1.165) is 18.4 Å². The van der Waals surface area contributed by atoms with E-state index in [1.54, 1.807) is 44.4 Å². The number of hydrogen-bond acceptors (Lipinski definition) is 8. The van der Waals surface area contributed by atoms with Crippen molar-refractivity contribution in [3.05, 3.63) is 60.0 Å². The Morgan fingerprint density at radius 3 is 2.64 bits per heavy atom. The van der Waals surface area contributed by atoms with Gasteiger partial charge >= 0.3 is 0 Å². The molecule has 1 aliphatic rings. The Kier molecular flexibility index (Phi) is 6.76. The van der Waals surface area contributed by atoms with Crippen molar-refractivity contribution in [1.82, 2.24) is 19.9 Å². The number of rotatable bonds is 6. The monoisotopic (exact) mass is 444 g/mol. The van der Waals surface area contributed by atoms with Crippen molar-refractivity contribution < 1.29 is 14.3 Å². The minimum absolute atomic E-state index is 0.0541. The first-order chi connectivity index (χ1) is 16.0. The Hall–Kier alpha value is -4.03. The van der Waals surface area contributed by atoms with Gasteiger partial charge in [0.1, 0.15) is 35.9 Å². The van der Waals surface area contributed by atoms with Gasteiger partial charge in [-0.2, -0.15) is 5.26 Å². The second kappa shape index (κ2) is 10.1. The minimum atomic E-state index is -0.115. The number of nitrogens with zero attached hydrogens (tertiary/aromatic N) is 5. The maximum Gasteiger partial charge on any atom is 0.254 e. The van der Waals surface area contributed by atoms with Crippen LogP contribution in [0.25, 0.3) is 11.3 Å². The highest BCUT2D eigenvalue weighted by atomic mass is 16.5. The number of nitrogens with one attached hydrogen (secondary N) is 1. The maximum atomic E-state index is 12.0. The Morgan fingerprint density at radius 2 is 1.94 bits per heavy atom. The molecule has 168 valence electrons. The predicted molar refractivity (Wildman–Crippen MR) is 122 cm³/mol. The number of nitriles is 1. The summed E-state index contributed by atoms with van der Waals surface area (Å²) >= 11 is 0. The third-order valence-electron chi connectivity index (χ3n) is 5.20. The Labute approximate surface area is 192 Å². The molecule has 0 unspecified atom stereocenters. The summed E-state index contributed by atoms with van der Waals surface area (Å²) in [6.45, 7) is 1.34. The van der Waals surface area contributed by atoms with E-state index in [-0.39, 0.29) is 12.0 Å². The summed E-state index contributed by atoms with van der Waals surface area (Å²) in [7, 11) is 3.39. The number of benzene rings is 1. The quantitative estimate of drug-likeness (QED) is 0.615. The van der Waals surface area contributed by atoms with Gasteiger partial charge in [0.15, 0.2) is 0 Å². The van der Waals surface area contributed by atoms with Crippen LogP contribution in [0.15, 0.2) is 48.9 Å². The molecule has 0 atom stereocenters. The molecule has 1 saturated heterocycles. The molecule has 1 amide bonds. The molecule has 1 fully saturated rings. The molecule has 4 rings (SSSR count). The highest BCUT2D eigenvalue weighted by Gasteiger charge is 2.17. The number of carbonyl (C=O) groups excluding carboxylic acids is 1. The zero-order chi connectivity index (χ0) is 23.2. The van der Waals surface area contributed by atoms with Crippen molar-refractivity contribution >= 4 is 17.5 Å². The Bertz CT molecular complexity index is 1170. The van der Waals surface area contributed by atoms with E-state index < -0.39 is 0 Å². The maximum absolute atomic E-state index is 12.0. The van der Waals surface area contributed by atoms with Crippen molar-refractivity contribution in [2.45, 2.75) is 18.9 Å². The summed E-state index contributed by atoms with van der Waals surface area (Å²) in [5, 5.41) is 12.7. The number of hydrogen-bond donors (Lipinski definition) is 1. The summed E-state index contributed by atoms with van der Waals surface area (Å²) in [4.78, 5) is 26.4. The van der Waals surface area contributed by atoms with Gasteiger partial charge in [-0.1, -0.05) is 0 Å². The second-order valence-corrected chi connectivity index (χ2v) is 7.80. The lowest BCUT2D eigenvalue weighted by molar-refractivity contribution is 0.0254. The molecule has 0 radical (unpaired) electrons. The lowest BCUT2D eigenvalue weighted by Crippen LogP contribution is -2.26. The summed E-state index contributed by atoms with van der Waals surface area (Å²) in [5.41, 5.74) is 2.38. The van der Waals surface area contributed by atoms with Crippen LogP contribution in [0.5, 0.6) is 5.75 Å². The van der Waals surface area contributed by atoms with Crippen LogP contribution in [-0.4, -0.2) is 59.2 Å². The Morgan fingerprint density at radius 1 is 1.12 bits per heavy atom. The van der Waals surface area contributed by atoms with E-state index >= 15 is 0 Å². The van der Waals surface area contributed by atoms with Crippen LogP contribution in [0, 0.1) is 11.3 Å². The van der Waals surface area contributed by atoms with E-state index in [2.05, 4.69) is 26.3 Å². The molecule has 9 heteroatoms.